The monoisotopic (exact) mass is 182 g/mol. The molecule has 0 saturated heterocycles. The predicted molar refractivity (Wildman–Crippen MR) is 48.4 cm³/mol. The molecule has 1 aromatic carbocycles. The van der Waals surface area contributed by atoms with Crippen LogP contribution in [0.1, 0.15) is 6.92 Å². The molecule has 0 aliphatic heterocycles. The Labute approximate surface area is 75.2 Å². The first-order chi connectivity index (χ1) is 6.09. The van der Waals surface area contributed by atoms with Crippen LogP contribution in [0.3, 0.4) is 0 Å². The Morgan fingerprint density at radius 3 is 2.38 bits per heavy atom. The number of aliphatic hydroxyl groups is 1. The van der Waals surface area contributed by atoms with Gasteiger partial charge in [-0.15, -0.1) is 0 Å². The van der Waals surface area contributed by atoms with Gasteiger partial charge in [-0.25, -0.2) is 0 Å². The predicted octanol–water partition coefficient (Wildman–Crippen LogP) is 1.34. The van der Waals surface area contributed by atoms with Crippen LogP contribution in [0, 0.1) is 10.1 Å². The molecule has 70 valence electrons. The highest BCUT2D eigenvalue weighted by molar-refractivity contribution is 5.48. The van der Waals surface area contributed by atoms with Gasteiger partial charge in [-0.2, -0.15) is 0 Å². The van der Waals surface area contributed by atoms with Gasteiger partial charge in [0.05, 0.1) is 4.92 Å². The third-order valence-corrected chi connectivity index (χ3v) is 1.45. The number of nitrogens with zero attached hydrogens (tertiary/aromatic N) is 1. The van der Waals surface area contributed by atoms with E-state index < -0.39 is 11.2 Å². The van der Waals surface area contributed by atoms with Gasteiger partial charge >= 0.3 is 0 Å². The molecule has 1 unspecified atom stereocenters. The summed E-state index contributed by atoms with van der Waals surface area (Å²) in [5.41, 5.74) is 0.691. The van der Waals surface area contributed by atoms with E-state index in [1.807, 2.05) is 0 Å². The minimum absolute atomic E-state index is 0.0381. The molecule has 0 spiro atoms. The number of nitrogens with one attached hydrogen (secondary N) is 1. The Hall–Kier alpha value is -1.62. The molecule has 1 atom stereocenters. The first-order valence-electron chi connectivity index (χ1n) is 3.78. The molecule has 0 aliphatic carbocycles. The molecule has 0 bridgehead atoms. The Balaban J connectivity index is 2.75. The van der Waals surface area contributed by atoms with Crippen LogP contribution in [0.5, 0.6) is 0 Å². The number of benzene rings is 1. The van der Waals surface area contributed by atoms with Gasteiger partial charge in [-0.1, -0.05) is 0 Å². The van der Waals surface area contributed by atoms with E-state index in [2.05, 4.69) is 5.32 Å². The van der Waals surface area contributed by atoms with Crippen LogP contribution >= 0.6 is 0 Å². The first kappa shape index (κ1) is 9.47. The molecular weight excluding hydrogens is 172 g/mol. The van der Waals surface area contributed by atoms with E-state index in [1.165, 1.54) is 12.1 Å². The fraction of sp³-hybridized carbons (Fsp3) is 0.250. The fourth-order valence-corrected chi connectivity index (χ4v) is 0.921. The Bertz CT molecular complexity index is 295. The number of anilines is 1. The van der Waals surface area contributed by atoms with Gasteiger partial charge in [0.25, 0.3) is 5.69 Å². The summed E-state index contributed by atoms with van der Waals surface area (Å²) in [7, 11) is 0. The van der Waals surface area contributed by atoms with Crippen LogP contribution in [0.4, 0.5) is 11.4 Å². The molecule has 2 N–H and O–H groups in total. The number of non-ortho nitro benzene ring substituents is 1. The smallest absolute Gasteiger partial charge is 0.269 e. The zero-order valence-corrected chi connectivity index (χ0v) is 7.10. The SMILES string of the molecule is CC(O)Nc1ccc([N+](=O)[O-])cc1. The third-order valence-electron chi connectivity index (χ3n) is 1.45. The van der Waals surface area contributed by atoms with Crippen LogP contribution in [-0.2, 0) is 0 Å². The highest BCUT2D eigenvalue weighted by Gasteiger charge is 2.03. The Kier molecular flexibility index (Phi) is 2.81. The maximum atomic E-state index is 10.3. The molecule has 0 radical (unpaired) electrons. The molecule has 1 aromatic rings. The minimum Gasteiger partial charge on any atom is -0.374 e. The second-order valence-corrected chi connectivity index (χ2v) is 2.62. The summed E-state index contributed by atoms with van der Waals surface area (Å²) in [5, 5.41) is 21.9. The van der Waals surface area contributed by atoms with Crippen LogP contribution in [-0.4, -0.2) is 16.3 Å². The van der Waals surface area contributed by atoms with Gasteiger partial charge in [0, 0.05) is 17.8 Å². The minimum atomic E-state index is -0.665. The van der Waals surface area contributed by atoms with Gasteiger partial charge < -0.3 is 10.4 Å². The lowest BCUT2D eigenvalue weighted by molar-refractivity contribution is -0.384. The second kappa shape index (κ2) is 3.86. The third kappa shape index (κ3) is 2.72. The van der Waals surface area contributed by atoms with Crippen molar-refractivity contribution in [3.63, 3.8) is 0 Å². The van der Waals surface area contributed by atoms with E-state index in [-0.39, 0.29) is 5.69 Å². The van der Waals surface area contributed by atoms with Gasteiger partial charge in [0.1, 0.15) is 6.23 Å². The first-order valence-corrected chi connectivity index (χ1v) is 3.78. The van der Waals surface area contributed by atoms with Crippen molar-refractivity contribution < 1.29 is 10.0 Å². The fourth-order valence-electron chi connectivity index (χ4n) is 0.921. The van der Waals surface area contributed by atoms with Crippen LogP contribution < -0.4 is 5.32 Å². The lowest BCUT2D eigenvalue weighted by atomic mass is 10.3. The Morgan fingerprint density at radius 2 is 2.00 bits per heavy atom. The van der Waals surface area contributed by atoms with Gasteiger partial charge in [-0.05, 0) is 19.1 Å². The number of aliphatic hydroxyl groups excluding tert-OH is 1. The van der Waals surface area contributed by atoms with E-state index in [9.17, 15) is 10.1 Å². The zero-order valence-electron chi connectivity index (χ0n) is 7.10. The lowest BCUT2D eigenvalue weighted by Gasteiger charge is -2.07. The van der Waals surface area contributed by atoms with Crippen molar-refractivity contribution >= 4 is 11.4 Å². The summed E-state index contributed by atoms with van der Waals surface area (Å²) >= 11 is 0. The van der Waals surface area contributed by atoms with Gasteiger partial charge in [0.2, 0.25) is 0 Å². The molecule has 0 fully saturated rings. The largest absolute Gasteiger partial charge is 0.374 e. The lowest BCUT2D eigenvalue weighted by Crippen LogP contribution is -2.12. The molecule has 5 heteroatoms. The summed E-state index contributed by atoms with van der Waals surface area (Å²) in [6, 6.07) is 5.85. The number of nitro benzene ring substituents is 1. The molecule has 0 aliphatic rings. The number of nitro groups is 1. The van der Waals surface area contributed by atoms with Crippen molar-refractivity contribution in [2.24, 2.45) is 0 Å². The van der Waals surface area contributed by atoms with Crippen molar-refractivity contribution in [2.75, 3.05) is 5.32 Å². The molecule has 0 saturated carbocycles. The van der Waals surface area contributed by atoms with Gasteiger partial charge in [0.15, 0.2) is 0 Å². The van der Waals surface area contributed by atoms with E-state index in [4.69, 9.17) is 5.11 Å². The van der Waals surface area contributed by atoms with E-state index in [0.717, 1.165) is 0 Å². The summed E-state index contributed by atoms with van der Waals surface area (Å²) < 4.78 is 0. The van der Waals surface area contributed by atoms with E-state index in [1.54, 1.807) is 19.1 Å². The molecule has 0 aromatic heterocycles. The number of hydrogen-bond acceptors (Lipinski definition) is 4. The van der Waals surface area contributed by atoms with Crippen molar-refractivity contribution in [3.05, 3.63) is 34.4 Å². The molecule has 0 amide bonds. The van der Waals surface area contributed by atoms with Crippen LogP contribution in [0.15, 0.2) is 24.3 Å². The standard InChI is InChI=1S/C8H10N2O3/c1-6(11)9-7-2-4-8(5-3-7)10(12)13/h2-6,9,11H,1H3. The topological polar surface area (TPSA) is 75.4 Å². The van der Waals surface area contributed by atoms with E-state index in [0.29, 0.717) is 5.69 Å². The second-order valence-electron chi connectivity index (χ2n) is 2.62. The molecule has 0 heterocycles. The number of rotatable bonds is 3. The maximum absolute atomic E-state index is 10.3. The highest BCUT2D eigenvalue weighted by Crippen LogP contribution is 2.15. The van der Waals surface area contributed by atoms with E-state index >= 15 is 0 Å². The van der Waals surface area contributed by atoms with Crippen molar-refractivity contribution in [1.82, 2.24) is 0 Å². The molecule has 13 heavy (non-hydrogen) atoms. The summed E-state index contributed by atoms with van der Waals surface area (Å²) in [5.74, 6) is 0. The average molecular weight is 182 g/mol. The molecular formula is C8H10N2O3. The highest BCUT2D eigenvalue weighted by atomic mass is 16.6. The maximum Gasteiger partial charge on any atom is 0.269 e. The van der Waals surface area contributed by atoms with Crippen molar-refractivity contribution in [1.29, 1.82) is 0 Å². The Morgan fingerprint density at radius 1 is 1.46 bits per heavy atom. The number of hydrogen-bond donors (Lipinski definition) is 2. The molecule has 1 rings (SSSR count). The zero-order chi connectivity index (χ0) is 9.84. The molecule has 5 nitrogen and oxygen atoms in total. The van der Waals surface area contributed by atoms with Crippen LogP contribution in [0.25, 0.3) is 0 Å². The summed E-state index contributed by atoms with van der Waals surface area (Å²) in [6.07, 6.45) is -0.665. The summed E-state index contributed by atoms with van der Waals surface area (Å²) in [4.78, 5) is 9.80. The average Bonchev–Trinajstić information content (AvgIpc) is 2.04. The van der Waals surface area contributed by atoms with Crippen molar-refractivity contribution in [2.45, 2.75) is 13.2 Å². The van der Waals surface area contributed by atoms with Crippen LogP contribution in [0.2, 0.25) is 0 Å². The quantitative estimate of drug-likeness (QED) is 0.420. The van der Waals surface area contributed by atoms with Crippen molar-refractivity contribution in [3.8, 4) is 0 Å². The van der Waals surface area contributed by atoms with Gasteiger partial charge in [-0.3, -0.25) is 10.1 Å². The summed E-state index contributed by atoms with van der Waals surface area (Å²) in [6.45, 7) is 1.57. The normalized spacial score (nSPS) is 12.2.